The topological polar surface area (TPSA) is 68.3 Å². The Balaban J connectivity index is 2.32. The summed E-state index contributed by atoms with van der Waals surface area (Å²) in [7, 11) is 0. The highest BCUT2D eigenvalue weighted by Gasteiger charge is 2.54. The van der Waals surface area contributed by atoms with Crippen LogP contribution in [0.15, 0.2) is 0 Å². The lowest BCUT2D eigenvalue weighted by molar-refractivity contribution is -0.116. The lowest BCUT2D eigenvalue weighted by Crippen LogP contribution is -2.22. The van der Waals surface area contributed by atoms with Gasteiger partial charge in [-0.1, -0.05) is 0 Å². The average molecular weight is 222 g/mol. The van der Waals surface area contributed by atoms with Crippen LogP contribution < -0.4 is 0 Å². The Morgan fingerprint density at radius 2 is 0.812 bits per heavy atom. The van der Waals surface area contributed by atoms with Gasteiger partial charge in [-0.15, -0.1) is 0 Å². The molecule has 0 aliphatic heterocycles. The average Bonchev–Trinajstić information content (AvgIpc) is 2.85. The molecule has 4 nitrogen and oxygen atoms in total. The first-order valence-electron chi connectivity index (χ1n) is 5.58. The van der Waals surface area contributed by atoms with Crippen LogP contribution in [0.5, 0.6) is 0 Å². The number of hydrogen-bond acceptors (Lipinski definition) is 4. The number of carbonyl (C=O) groups is 4. The Bertz CT molecular complexity index is 265. The van der Waals surface area contributed by atoms with E-state index in [-0.39, 0.29) is 35.5 Å². The van der Waals surface area contributed by atoms with Crippen molar-refractivity contribution >= 4 is 25.1 Å². The Hall–Kier alpha value is -1.32. The van der Waals surface area contributed by atoms with Crippen LogP contribution in [0.1, 0.15) is 12.8 Å². The summed E-state index contributed by atoms with van der Waals surface area (Å²) < 4.78 is 0. The summed E-state index contributed by atoms with van der Waals surface area (Å²) in [6.45, 7) is 0. The van der Waals surface area contributed by atoms with Gasteiger partial charge < -0.3 is 19.2 Å². The fraction of sp³-hybridized carbons (Fsp3) is 0.667. The molecule has 0 aromatic heterocycles. The molecular formula is C12H14O4. The minimum atomic E-state index is -0.236. The molecule has 0 radical (unpaired) electrons. The molecule has 2 aliphatic rings. The van der Waals surface area contributed by atoms with Crippen LogP contribution >= 0.6 is 0 Å². The van der Waals surface area contributed by atoms with Gasteiger partial charge in [0.15, 0.2) is 0 Å². The molecule has 0 aromatic carbocycles. The van der Waals surface area contributed by atoms with Crippen molar-refractivity contribution in [2.24, 2.45) is 35.5 Å². The van der Waals surface area contributed by atoms with E-state index in [9.17, 15) is 19.2 Å². The normalized spacial score (nSPS) is 46.0. The summed E-state index contributed by atoms with van der Waals surface area (Å²) in [6.07, 6.45) is 4.35. The second-order valence-electron chi connectivity index (χ2n) is 4.83. The summed E-state index contributed by atoms with van der Waals surface area (Å²) >= 11 is 0. The Morgan fingerprint density at radius 3 is 1.00 bits per heavy atom. The third-order valence-corrected chi connectivity index (χ3v) is 4.21. The fourth-order valence-corrected chi connectivity index (χ4v) is 3.62. The van der Waals surface area contributed by atoms with Gasteiger partial charge in [-0.05, 0) is 24.7 Å². The predicted molar refractivity (Wildman–Crippen MR) is 54.4 cm³/mol. The van der Waals surface area contributed by atoms with Gasteiger partial charge in [-0.25, -0.2) is 0 Å². The van der Waals surface area contributed by atoms with Crippen molar-refractivity contribution in [3.63, 3.8) is 0 Å². The fourth-order valence-electron chi connectivity index (χ4n) is 3.62. The van der Waals surface area contributed by atoms with Crippen LogP contribution in [-0.4, -0.2) is 25.1 Å². The molecule has 4 atom stereocenters. The highest BCUT2D eigenvalue weighted by Crippen LogP contribution is 2.54. The molecule has 2 rings (SSSR count). The highest BCUT2D eigenvalue weighted by atomic mass is 16.1. The zero-order valence-electron chi connectivity index (χ0n) is 8.82. The van der Waals surface area contributed by atoms with E-state index in [2.05, 4.69) is 0 Å². The van der Waals surface area contributed by atoms with Crippen LogP contribution in [0.3, 0.4) is 0 Å². The molecule has 0 bridgehead atoms. The van der Waals surface area contributed by atoms with E-state index in [0.29, 0.717) is 12.8 Å². The van der Waals surface area contributed by atoms with Gasteiger partial charge in [0.05, 0.1) is 0 Å². The minimum Gasteiger partial charge on any atom is -0.303 e. The van der Waals surface area contributed by atoms with Crippen LogP contribution in [0.25, 0.3) is 0 Å². The van der Waals surface area contributed by atoms with Gasteiger partial charge in [0.25, 0.3) is 0 Å². The predicted octanol–water partition coefficient (Wildman–Crippen LogP) is 0.287. The molecule has 0 aromatic rings. The number of fused-ring (bicyclic) bond motifs is 1. The molecule has 2 fully saturated rings. The molecule has 4 heteroatoms. The first kappa shape index (κ1) is 11.2. The summed E-state index contributed by atoms with van der Waals surface area (Å²) in [5, 5.41) is 0. The number of rotatable bonds is 4. The van der Waals surface area contributed by atoms with E-state index < -0.39 is 0 Å². The molecule has 0 saturated heterocycles. The van der Waals surface area contributed by atoms with Crippen LogP contribution in [-0.2, 0) is 19.2 Å². The number of carbonyl (C=O) groups excluding carboxylic acids is 4. The lowest BCUT2D eigenvalue weighted by Gasteiger charge is -2.18. The first-order chi connectivity index (χ1) is 7.76. The van der Waals surface area contributed by atoms with Crippen LogP contribution in [0.4, 0.5) is 0 Å². The van der Waals surface area contributed by atoms with E-state index >= 15 is 0 Å². The van der Waals surface area contributed by atoms with Crippen molar-refractivity contribution < 1.29 is 19.2 Å². The van der Waals surface area contributed by atoms with E-state index in [0.717, 1.165) is 25.1 Å². The van der Waals surface area contributed by atoms with E-state index in [1.165, 1.54) is 0 Å². The van der Waals surface area contributed by atoms with Gasteiger partial charge in [-0.2, -0.15) is 0 Å². The highest BCUT2D eigenvalue weighted by molar-refractivity contribution is 5.69. The number of hydrogen-bond donors (Lipinski definition) is 0. The number of aldehydes is 4. The maximum absolute atomic E-state index is 10.9. The molecule has 0 heterocycles. The van der Waals surface area contributed by atoms with E-state index in [4.69, 9.17) is 0 Å². The van der Waals surface area contributed by atoms with Gasteiger partial charge >= 0.3 is 0 Å². The van der Waals surface area contributed by atoms with Crippen molar-refractivity contribution in [1.29, 1.82) is 0 Å². The second-order valence-corrected chi connectivity index (χ2v) is 4.83. The molecule has 16 heavy (non-hydrogen) atoms. The van der Waals surface area contributed by atoms with Crippen molar-refractivity contribution in [2.45, 2.75) is 12.8 Å². The SMILES string of the molecule is O=CC1CC(C=O)C2C(C=O)CC(C=O)C12. The molecule has 86 valence electrons. The molecular weight excluding hydrogens is 208 g/mol. The minimum absolute atomic E-state index is 0.0969. The maximum atomic E-state index is 10.9. The maximum Gasteiger partial charge on any atom is 0.123 e. The molecule has 0 N–H and O–H groups in total. The van der Waals surface area contributed by atoms with Gasteiger partial charge in [0.2, 0.25) is 0 Å². The Kier molecular flexibility index (Phi) is 2.99. The molecule has 2 saturated carbocycles. The second kappa shape index (κ2) is 4.28. The Morgan fingerprint density at radius 1 is 0.562 bits per heavy atom. The quantitative estimate of drug-likeness (QED) is 0.641. The monoisotopic (exact) mass is 222 g/mol. The molecule has 0 spiro atoms. The summed E-state index contributed by atoms with van der Waals surface area (Å²) in [4.78, 5) is 43.8. The van der Waals surface area contributed by atoms with E-state index in [1.807, 2.05) is 0 Å². The summed E-state index contributed by atoms with van der Waals surface area (Å²) in [5.41, 5.74) is 0. The van der Waals surface area contributed by atoms with E-state index in [1.54, 1.807) is 0 Å². The first-order valence-corrected chi connectivity index (χ1v) is 5.58. The largest absolute Gasteiger partial charge is 0.303 e. The molecule has 0 amide bonds. The van der Waals surface area contributed by atoms with Crippen molar-refractivity contribution in [2.75, 3.05) is 0 Å². The lowest BCUT2D eigenvalue weighted by atomic mass is 9.84. The standard InChI is InChI=1S/C12H14O4/c13-3-7-1-8(4-14)12-10(6-16)2-9(5-15)11(7)12/h3-12H,1-2H2. The van der Waals surface area contributed by atoms with Gasteiger partial charge in [0, 0.05) is 23.7 Å². The Labute approximate surface area is 93.4 Å². The van der Waals surface area contributed by atoms with Crippen molar-refractivity contribution in [1.82, 2.24) is 0 Å². The summed E-state index contributed by atoms with van der Waals surface area (Å²) in [6, 6.07) is 0. The van der Waals surface area contributed by atoms with Gasteiger partial charge in [0.1, 0.15) is 25.1 Å². The molecule has 4 unspecified atom stereocenters. The van der Waals surface area contributed by atoms with Crippen LogP contribution in [0, 0.1) is 35.5 Å². The smallest absolute Gasteiger partial charge is 0.123 e. The molecule has 2 aliphatic carbocycles. The summed E-state index contributed by atoms with van der Waals surface area (Å²) in [5.74, 6) is -1.14. The van der Waals surface area contributed by atoms with Crippen molar-refractivity contribution in [3.8, 4) is 0 Å². The van der Waals surface area contributed by atoms with Crippen molar-refractivity contribution in [3.05, 3.63) is 0 Å². The third kappa shape index (κ3) is 1.44. The zero-order valence-corrected chi connectivity index (χ0v) is 8.82. The van der Waals surface area contributed by atoms with Gasteiger partial charge in [-0.3, -0.25) is 0 Å². The van der Waals surface area contributed by atoms with Crippen LogP contribution in [0.2, 0.25) is 0 Å². The third-order valence-electron chi connectivity index (χ3n) is 4.21. The zero-order chi connectivity index (χ0) is 11.7.